The lowest BCUT2D eigenvalue weighted by Gasteiger charge is -2.37. The van der Waals surface area contributed by atoms with Crippen molar-refractivity contribution in [1.29, 1.82) is 0 Å². The largest absolute Gasteiger partial charge is 0.364 e. The minimum absolute atomic E-state index is 0. The Hall–Kier alpha value is -1.16. The van der Waals surface area contributed by atoms with Gasteiger partial charge in [-0.15, -0.1) is 12.4 Å². The van der Waals surface area contributed by atoms with Crippen LogP contribution in [-0.4, -0.2) is 38.1 Å². The molecule has 10 heteroatoms. The second kappa shape index (κ2) is 8.80. The molecule has 1 aromatic rings. The van der Waals surface area contributed by atoms with E-state index in [0.29, 0.717) is 5.69 Å². The molecule has 0 bridgehead atoms. The third kappa shape index (κ3) is 6.04. The summed E-state index contributed by atoms with van der Waals surface area (Å²) < 4.78 is 30.7. The van der Waals surface area contributed by atoms with Crippen LogP contribution < -0.4 is 15.8 Å². The number of carbonyl (C=O) groups excluding carboxylic acids is 1. The second-order valence-electron chi connectivity index (χ2n) is 6.24. The van der Waals surface area contributed by atoms with Crippen molar-refractivity contribution in [3.8, 4) is 0 Å². The molecule has 1 aliphatic rings. The van der Waals surface area contributed by atoms with Crippen molar-refractivity contribution in [3.63, 3.8) is 0 Å². The van der Waals surface area contributed by atoms with Crippen LogP contribution in [0.15, 0.2) is 16.9 Å². The molecule has 1 saturated carbocycles. The van der Waals surface area contributed by atoms with Gasteiger partial charge in [0.05, 0.1) is 11.6 Å². The van der Waals surface area contributed by atoms with Crippen LogP contribution in [0, 0.1) is 5.92 Å². The highest BCUT2D eigenvalue weighted by Crippen LogP contribution is 2.31. The lowest BCUT2D eigenvalue weighted by atomic mass is 9.74. The fourth-order valence-electron chi connectivity index (χ4n) is 2.86. The molecule has 138 valence electrons. The van der Waals surface area contributed by atoms with Crippen molar-refractivity contribution in [2.45, 2.75) is 43.9 Å². The Kier molecular flexibility index (Phi) is 7.65. The SMILES string of the molecule is CC1(N)CCCCC1C(=O)NCCNS(=O)(=O)Cc1ccon1.Cl. The zero-order valence-electron chi connectivity index (χ0n) is 13.7. The van der Waals surface area contributed by atoms with Crippen molar-refractivity contribution in [2.24, 2.45) is 11.7 Å². The Morgan fingerprint density at radius 1 is 1.46 bits per heavy atom. The molecule has 24 heavy (non-hydrogen) atoms. The molecule has 0 aromatic carbocycles. The smallest absolute Gasteiger partial charge is 0.225 e. The first-order chi connectivity index (χ1) is 10.8. The molecule has 0 aliphatic heterocycles. The van der Waals surface area contributed by atoms with Crippen molar-refractivity contribution in [2.75, 3.05) is 13.1 Å². The van der Waals surface area contributed by atoms with E-state index in [1.807, 2.05) is 6.92 Å². The quantitative estimate of drug-likeness (QED) is 0.592. The topological polar surface area (TPSA) is 127 Å². The van der Waals surface area contributed by atoms with E-state index in [-0.39, 0.29) is 43.1 Å². The summed E-state index contributed by atoms with van der Waals surface area (Å²) in [5.41, 5.74) is 6.03. The van der Waals surface area contributed by atoms with Gasteiger partial charge in [-0.3, -0.25) is 4.79 Å². The van der Waals surface area contributed by atoms with Gasteiger partial charge < -0.3 is 15.6 Å². The fourth-order valence-corrected chi connectivity index (χ4v) is 3.92. The maximum atomic E-state index is 12.2. The van der Waals surface area contributed by atoms with Gasteiger partial charge in [0.1, 0.15) is 12.0 Å². The molecule has 0 radical (unpaired) electrons. The summed E-state index contributed by atoms with van der Waals surface area (Å²) in [4.78, 5) is 12.2. The summed E-state index contributed by atoms with van der Waals surface area (Å²) in [7, 11) is -3.50. The summed E-state index contributed by atoms with van der Waals surface area (Å²) in [6, 6.07) is 1.49. The van der Waals surface area contributed by atoms with E-state index >= 15 is 0 Å². The number of halogens is 1. The Labute approximate surface area is 148 Å². The normalized spacial score (nSPS) is 24.2. The zero-order chi connectivity index (χ0) is 16.9. The second-order valence-corrected chi connectivity index (χ2v) is 8.05. The number of hydrogen-bond donors (Lipinski definition) is 3. The van der Waals surface area contributed by atoms with Crippen LogP contribution in [0.2, 0.25) is 0 Å². The molecule has 2 rings (SSSR count). The molecule has 1 aromatic heterocycles. The van der Waals surface area contributed by atoms with E-state index in [9.17, 15) is 13.2 Å². The first kappa shape index (κ1) is 20.9. The number of amides is 1. The summed E-state index contributed by atoms with van der Waals surface area (Å²) in [5.74, 6) is -0.575. The van der Waals surface area contributed by atoms with Crippen LogP contribution in [0.1, 0.15) is 38.3 Å². The molecule has 0 saturated heterocycles. The average Bonchev–Trinajstić information content (AvgIpc) is 2.95. The Bertz CT molecular complexity index is 619. The van der Waals surface area contributed by atoms with E-state index in [1.54, 1.807) is 0 Å². The van der Waals surface area contributed by atoms with Gasteiger partial charge in [0.2, 0.25) is 15.9 Å². The summed E-state index contributed by atoms with van der Waals surface area (Å²) in [6.07, 6.45) is 4.96. The number of rotatable bonds is 7. The summed E-state index contributed by atoms with van der Waals surface area (Å²) in [5, 5.41) is 6.32. The van der Waals surface area contributed by atoms with E-state index in [0.717, 1.165) is 25.7 Å². The molecule has 1 heterocycles. The number of nitrogens with two attached hydrogens (primary N) is 1. The van der Waals surface area contributed by atoms with Crippen molar-refractivity contribution < 1.29 is 17.7 Å². The van der Waals surface area contributed by atoms with E-state index < -0.39 is 15.6 Å². The Morgan fingerprint density at radius 2 is 2.21 bits per heavy atom. The standard InChI is InChI=1S/C14H24N4O4S.ClH/c1-14(15)6-3-2-4-12(14)13(19)16-7-8-17-23(20,21)10-11-5-9-22-18-11;/h5,9,12,17H,2-4,6-8,10,15H2,1H3,(H,16,19);1H. The summed E-state index contributed by atoms with van der Waals surface area (Å²) in [6.45, 7) is 2.25. The Balaban J connectivity index is 0.00000288. The molecule has 0 spiro atoms. The fraction of sp³-hybridized carbons (Fsp3) is 0.714. The van der Waals surface area contributed by atoms with Gasteiger partial charge in [0.25, 0.3) is 0 Å². The van der Waals surface area contributed by atoms with Crippen LogP contribution in [0.25, 0.3) is 0 Å². The highest BCUT2D eigenvalue weighted by molar-refractivity contribution is 7.88. The summed E-state index contributed by atoms with van der Waals surface area (Å²) >= 11 is 0. The average molecular weight is 381 g/mol. The number of hydrogen-bond acceptors (Lipinski definition) is 6. The van der Waals surface area contributed by atoms with E-state index in [2.05, 4.69) is 19.7 Å². The van der Waals surface area contributed by atoms with Crippen LogP contribution in [0.3, 0.4) is 0 Å². The van der Waals surface area contributed by atoms with Crippen molar-refractivity contribution in [1.82, 2.24) is 15.2 Å². The molecular formula is C14H25ClN4O4S. The highest BCUT2D eigenvalue weighted by Gasteiger charge is 2.37. The van der Waals surface area contributed by atoms with Gasteiger partial charge in [-0.25, -0.2) is 13.1 Å². The van der Waals surface area contributed by atoms with Gasteiger partial charge in [-0.1, -0.05) is 18.0 Å². The number of aromatic nitrogens is 1. The number of carbonyl (C=O) groups is 1. The van der Waals surface area contributed by atoms with Gasteiger partial charge >= 0.3 is 0 Å². The van der Waals surface area contributed by atoms with Gasteiger partial charge in [0, 0.05) is 24.7 Å². The molecule has 1 aliphatic carbocycles. The van der Waals surface area contributed by atoms with E-state index in [1.165, 1.54) is 12.3 Å². The van der Waals surface area contributed by atoms with Crippen molar-refractivity contribution >= 4 is 28.3 Å². The lowest BCUT2D eigenvalue weighted by Crippen LogP contribution is -2.53. The first-order valence-corrected chi connectivity index (χ1v) is 9.38. The van der Waals surface area contributed by atoms with E-state index in [4.69, 9.17) is 5.73 Å². The monoisotopic (exact) mass is 380 g/mol. The lowest BCUT2D eigenvalue weighted by molar-refractivity contribution is -0.128. The molecular weight excluding hydrogens is 356 g/mol. The maximum Gasteiger partial charge on any atom is 0.225 e. The minimum atomic E-state index is -3.50. The minimum Gasteiger partial charge on any atom is -0.364 e. The van der Waals surface area contributed by atoms with Gasteiger partial charge in [-0.05, 0) is 19.8 Å². The number of nitrogens with zero attached hydrogens (tertiary/aromatic N) is 1. The van der Waals surface area contributed by atoms with Gasteiger partial charge in [-0.2, -0.15) is 0 Å². The maximum absolute atomic E-state index is 12.2. The molecule has 2 atom stereocenters. The third-order valence-corrected chi connectivity index (χ3v) is 5.47. The van der Waals surface area contributed by atoms with Crippen molar-refractivity contribution in [3.05, 3.63) is 18.0 Å². The van der Waals surface area contributed by atoms with Crippen LogP contribution in [0.5, 0.6) is 0 Å². The molecule has 4 N–H and O–H groups in total. The zero-order valence-corrected chi connectivity index (χ0v) is 15.3. The van der Waals surface area contributed by atoms with Crippen LogP contribution >= 0.6 is 12.4 Å². The third-order valence-electron chi connectivity index (χ3n) is 4.15. The number of nitrogens with one attached hydrogen (secondary N) is 2. The predicted molar refractivity (Wildman–Crippen MR) is 91.9 cm³/mol. The molecule has 1 fully saturated rings. The molecule has 2 unspecified atom stereocenters. The van der Waals surface area contributed by atoms with Crippen LogP contribution in [-0.2, 0) is 20.6 Å². The molecule has 1 amide bonds. The van der Waals surface area contributed by atoms with Crippen LogP contribution in [0.4, 0.5) is 0 Å². The predicted octanol–water partition coefficient (Wildman–Crippen LogP) is 0.540. The molecule has 8 nitrogen and oxygen atoms in total. The Morgan fingerprint density at radius 3 is 2.83 bits per heavy atom. The first-order valence-electron chi connectivity index (χ1n) is 7.73. The highest BCUT2D eigenvalue weighted by atomic mass is 35.5. The number of sulfonamides is 1. The van der Waals surface area contributed by atoms with Gasteiger partial charge in [0.15, 0.2) is 0 Å².